The van der Waals surface area contributed by atoms with Gasteiger partial charge in [0.05, 0.1) is 29.4 Å². The number of halogens is 2. The highest BCUT2D eigenvalue weighted by atomic mass is 35.5. The quantitative estimate of drug-likeness (QED) is 0.552. The fourth-order valence-corrected chi connectivity index (χ4v) is 3.25. The van der Waals surface area contributed by atoms with Crippen LogP contribution in [0.4, 0.5) is 0 Å². The molecule has 1 amide bonds. The van der Waals surface area contributed by atoms with Gasteiger partial charge in [0.1, 0.15) is 5.75 Å². The minimum Gasteiger partial charge on any atom is -0.497 e. The summed E-state index contributed by atoms with van der Waals surface area (Å²) in [5.74, 6) is 1.81. The number of oxazole rings is 1. The first-order chi connectivity index (χ1) is 13.5. The molecule has 0 aliphatic rings. The third kappa shape index (κ3) is 4.86. The molecule has 0 radical (unpaired) electrons. The molecule has 0 aliphatic heterocycles. The van der Waals surface area contributed by atoms with Crippen molar-refractivity contribution in [1.82, 2.24) is 10.3 Å². The molecule has 0 spiro atoms. The van der Waals surface area contributed by atoms with Crippen LogP contribution in [0.5, 0.6) is 5.75 Å². The van der Waals surface area contributed by atoms with Crippen LogP contribution in [0.25, 0.3) is 11.3 Å². The van der Waals surface area contributed by atoms with Crippen LogP contribution in [0, 0.1) is 0 Å². The van der Waals surface area contributed by atoms with Crippen LogP contribution in [0.3, 0.4) is 0 Å². The molecule has 3 aromatic rings. The first-order valence-electron chi connectivity index (χ1n) is 8.80. The molecule has 0 aliphatic carbocycles. The summed E-state index contributed by atoms with van der Waals surface area (Å²) in [5, 5.41) is 3.84. The Labute approximate surface area is 173 Å². The number of hydrogen-bond acceptors (Lipinski definition) is 4. The van der Waals surface area contributed by atoms with E-state index in [2.05, 4.69) is 10.3 Å². The average molecular weight is 419 g/mol. The maximum absolute atomic E-state index is 12.3. The van der Waals surface area contributed by atoms with E-state index in [4.69, 9.17) is 32.4 Å². The van der Waals surface area contributed by atoms with Crippen molar-refractivity contribution in [3.63, 3.8) is 0 Å². The van der Waals surface area contributed by atoms with Gasteiger partial charge in [-0.2, -0.15) is 0 Å². The van der Waals surface area contributed by atoms with E-state index in [-0.39, 0.29) is 18.4 Å². The molecule has 1 N–H and O–H groups in total. The van der Waals surface area contributed by atoms with Gasteiger partial charge in [0.15, 0.2) is 11.7 Å². The first-order valence-corrected chi connectivity index (χ1v) is 9.56. The van der Waals surface area contributed by atoms with Crippen LogP contribution in [0.2, 0.25) is 10.0 Å². The molecule has 5 nitrogen and oxygen atoms in total. The van der Waals surface area contributed by atoms with E-state index in [1.165, 1.54) is 0 Å². The molecule has 0 saturated carbocycles. The van der Waals surface area contributed by atoms with Gasteiger partial charge >= 0.3 is 0 Å². The predicted octanol–water partition coefficient (Wildman–Crippen LogP) is 5.47. The highest BCUT2D eigenvalue weighted by molar-refractivity contribution is 6.42. The molecule has 28 heavy (non-hydrogen) atoms. The number of methoxy groups -OCH3 is 1. The molecule has 1 atom stereocenters. The Hall–Kier alpha value is -2.50. The highest BCUT2D eigenvalue weighted by Crippen LogP contribution is 2.30. The lowest BCUT2D eigenvalue weighted by Crippen LogP contribution is -2.27. The number of hydrogen-bond donors (Lipinski definition) is 1. The van der Waals surface area contributed by atoms with Gasteiger partial charge in [-0.3, -0.25) is 4.79 Å². The lowest BCUT2D eigenvalue weighted by molar-refractivity contribution is -0.121. The molecule has 146 valence electrons. The number of carbonyl (C=O) groups is 1. The molecular weight excluding hydrogens is 399 g/mol. The van der Waals surface area contributed by atoms with Crippen molar-refractivity contribution in [2.24, 2.45) is 0 Å². The van der Waals surface area contributed by atoms with Gasteiger partial charge in [-0.25, -0.2) is 4.98 Å². The maximum Gasteiger partial charge on any atom is 0.220 e. The van der Waals surface area contributed by atoms with Crippen LogP contribution < -0.4 is 10.1 Å². The number of benzene rings is 2. The van der Waals surface area contributed by atoms with E-state index in [1.807, 2.05) is 37.3 Å². The van der Waals surface area contributed by atoms with Gasteiger partial charge in [-0.05, 0) is 42.8 Å². The number of aromatic nitrogens is 1. The van der Waals surface area contributed by atoms with Crippen molar-refractivity contribution in [2.45, 2.75) is 25.8 Å². The molecule has 0 fully saturated rings. The Morgan fingerprint density at radius 2 is 1.96 bits per heavy atom. The molecule has 7 heteroatoms. The lowest BCUT2D eigenvalue weighted by atomic mass is 10.1. The van der Waals surface area contributed by atoms with Gasteiger partial charge in [0, 0.05) is 18.4 Å². The largest absolute Gasteiger partial charge is 0.497 e. The number of carbonyl (C=O) groups excluding carboxylic acids is 1. The van der Waals surface area contributed by atoms with Crippen LogP contribution in [-0.2, 0) is 11.2 Å². The number of nitrogens with zero attached hydrogens (tertiary/aromatic N) is 1. The second-order valence-electron chi connectivity index (χ2n) is 6.28. The SMILES string of the molecule is COc1ccc(-c2cnc(CCC(=O)NC(C)c3cccc(Cl)c3Cl)o2)cc1. The Morgan fingerprint density at radius 3 is 2.68 bits per heavy atom. The normalized spacial score (nSPS) is 11.9. The molecule has 2 aromatic carbocycles. The Kier molecular flexibility index (Phi) is 6.60. The molecule has 1 aromatic heterocycles. The Morgan fingerprint density at radius 1 is 1.21 bits per heavy atom. The minimum absolute atomic E-state index is 0.118. The standard InChI is InChI=1S/C21H20Cl2N2O3/c1-13(16-4-3-5-17(22)21(16)23)25-19(26)10-11-20-24-12-18(28-20)14-6-8-15(27-2)9-7-14/h3-9,12-13H,10-11H2,1-2H3,(H,25,26). The van der Waals surface area contributed by atoms with E-state index in [1.54, 1.807) is 25.4 Å². The number of aryl methyl sites for hydroxylation is 1. The van der Waals surface area contributed by atoms with Crippen LogP contribution in [-0.4, -0.2) is 18.0 Å². The van der Waals surface area contributed by atoms with Crippen molar-refractivity contribution >= 4 is 29.1 Å². The van der Waals surface area contributed by atoms with E-state index in [0.29, 0.717) is 28.1 Å². The summed E-state index contributed by atoms with van der Waals surface area (Å²) in [6.45, 7) is 1.86. The van der Waals surface area contributed by atoms with E-state index < -0.39 is 0 Å². The van der Waals surface area contributed by atoms with Gasteiger partial charge in [-0.1, -0.05) is 35.3 Å². The molecular formula is C21H20Cl2N2O3. The Balaban J connectivity index is 1.56. The Bertz CT molecular complexity index is 955. The summed E-state index contributed by atoms with van der Waals surface area (Å²) in [5.41, 5.74) is 1.67. The molecule has 1 unspecified atom stereocenters. The van der Waals surface area contributed by atoms with Crippen molar-refractivity contribution in [3.8, 4) is 17.1 Å². The van der Waals surface area contributed by atoms with Crippen molar-refractivity contribution < 1.29 is 13.9 Å². The van der Waals surface area contributed by atoms with Crippen LogP contribution >= 0.6 is 23.2 Å². The minimum atomic E-state index is -0.252. The van der Waals surface area contributed by atoms with E-state index in [0.717, 1.165) is 16.9 Å². The zero-order valence-electron chi connectivity index (χ0n) is 15.5. The van der Waals surface area contributed by atoms with Crippen LogP contribution in [0.15, 0.2) is 53.1 Å². The lowest BCUT2D eigenvalue weighted by Gasteiger charge is -2.16. The fraction of sp³-hybridized carbons (Fsp3) is 0.238. The zero-order valence-corrected chi connectivity index (χ0v) is 17.1. The summed E-state index contributed by atoms with van der Waals surface area (Å²) in [7, 11) is 1.62. The molecule has 0 bridgehead atoms. The monoisotopic (exact) mass is 418 g/mol. The van der Waals surface area contributed by atoms with Crippen molar-refractivity contribution in [1.29, 1.82) is 0 Å². The summed E-state index contributed by atoms with van der Waals surface area (Å²) >= 11 is 12.2. The first kappa shape index (κ1) is 20.2. The third-order valence-corrected chi connectivity index (χ3v) is 5.15. The second-order valence-corrected chi connectivity index (χ2v) is 7.06. The predicted molar refractivity (Wildman–Crippen MR) is 110 cm³/mol. The average Bonchev–Trinajstić information content (AvgIpc) is 3.17. The van der Waals surface area contributed by atoms with Crippen molar-refractivity contribution in [2.75, 3.05) is 7.11 Å². The van der Waals surface area contributed by atoms with Gasteiger partial charge in [-0.15, -0.1) is 0 Å². The fourth-order valence-electron chi connectivity index (χ4n) is 2.78. The number of nitrogens with one attached hydrogen (secondary N) is 1. The van der Waals surface area contributed by atoms with Crippen LogP contribution in [0.1, 0.15) is 30.8 Å². The zero-order chi connectivity index (χ0) is 20.1. The summed E-state index contributed by atoms with van der Waals surface area (Å²) in [4.78, 5) is 16.5. The van der Waals surface area contributed by atoms with Gasteiger partial charge in [0.25, 0.3) is 0 Å². The number of rotatable bonds is 7. The second kappa shape index (κ2) is 9.13. The topological polar surface area (TPSA) is 64.4 Å². The highest BCUT2D eigenvalue weighted by Gasteiger charge is 2.15. The summed E-state index contributed by atoms with van der Waals surface area (Å²) < 4.78 is 10.9. The molecule has 1 heterocycles. The smallest absolute Gasteiger partial charge is 0.220 e. The number of ether oxygens (including phenoxy) is 1. The van der Waals surface area contributed by atoms with E-state index in [9.17, 15) is 4.79 Å². The maximum atomic E-state index is 12.3. The van der Waals surface area contributed by atoms with Crippen molar-refractivity contribution in [3.05, 3.63) is 70.2 Å². The van der Waals surface area contributed by atoms with Gasteiger partial charge in [0.2, 0.25) is 5.91 Å². The molecule has 3 rings (SSSR count). The summed E-state index contributed by atoms with van der Waals surface area (Å²) in [6.07, 6.45) is 2.31. The van der Waals surface area contributed by atoms with E-state index >= 15 is 0 Å². The third-order valence-electron chi connectivity index (χ3n) is 4.32. The molecule has 0 saturated heterocycles. The number of amides is 1. The summed E-state index contributed by atoms with van der Waals surface area (Å²) in [6, 6.07) is 12.6. The van der Waals surface area contributed by atoms with Gasteiger partial charge < -0.3 is 14.5 Å².